The number of carboxylic acids is 1. The van der Waals surface area contributed by atoms with E-state index in [0.29, 0.717) is 6.04 Å². The van der Waals surface area contributed by atoms with E-state index in [1.807, 2.05) is 6.92 Å². The van der Waals surface area contributed by atoms with Crippen LogP contribution in [0.2, 0.25) is 0 Å². The Morgan fingerprint density at radius 2 is 1.94 bits per heavy atom. The summed E-state index contributed by atoms with van der Waals surface area (Å²) >= 11 is 0. The van der Waals surface area contributed by atoms with Crippen LogP contribution in [-0.4, -0.2) is 23.2 Å². The molecule has 0 spiro atoms. The van der Waals surface area contributed by atoms with Crippen LogP contribution in [-0.2, 0) is 4.79 Å². The van der Waals surface area contributed by atoms with Gasteiger partial charge in [-0.25, -0.2) is 0 Å². The van der Waals surface area contributed by atoms with Crippen molar-refractivity contribution in [3.05, 3.63) is 0 Å². The van der Waals surface area contributed by atoms with Gasteiger partial charge in [0.05, 0.1) is 5.92 Å². The topological polar surface area (TPSA) is 49.3 Å². The first-order chi connectivity index (χ1) is 7.99. The highest BCUT2D eigenvalue weighted by molar-refractivity contribution is 5.70. The van der Waals surface area contributed by atoms with Gasteiger partial charge < -0.3 is 10.4 Å². The van der Waals surface area contributed by atoms with Gasteiger partial charge in [-0.3, -0.25) is 4.79 Å². The Kier molecular flexibility index (Phi) is 3.76. The minimum absolute atomic E-state index is 0.0571. The minimum atomic E-state index is -0.704. The molecule has 0 saturated heterocycles. The number of hydrogen-bond acceptors (Lipinski definition) is 2. The van der Waals surface area contributed by atoms with E-state index >= 15 is 0 Å². The fraction of sp³-hybridized carbons (Fsp3) is 0.929. The molecule has 0 heterocycles. The molecule has 2 rings (SSSR count). The maximum atomic E-state index is 10.9. The van der Waals surface area contributed by atoms with Crippen LogP contribution < -0.4 is 5.32 Å². The first kappa shape index (κ1) is 12.9. The molecule has 98 valence electrons. The van der Waals surface area contributed by atoms with E-state index < -0.39 is 5.97 Å². The Balaban J connectivity index is 1.84. The third-order valence-electron chi connectivity index (χ3n) is 5.10. The van der Waals surface area contributed by atoms with Gasteiger partial charge in [0.1, 0.15) is 0 Å². The molecule has 0 radical (unpaired) electrons. The minimum Gasteiger partial charge on any atom is -0.481 e. The summed E-state index contributed by atoms with van der Waals surface area (Å²) in [5.74, 6) is 1.62. The molecular formula is C14H25NO2. The summed E-state index contributed by atoms with van der Waals surface area (Å²) in [7, 11) is 0. The van der Waals surface area contributed by atoms with E-state index in [1.165, 1.54) is 25.7 Å². The number of fused-ring (bicyclic) bond motifs is 2. The number of carboxylic acid groups (broad SMARTS) is 1. The molecule has 2 N–H and O–H groups in total. The lowest BCUT2D eigenvalue weighted by Gasteiger charge is -2.32. The fourth-order valence-electron chi connectivity index (χ4n) is 3.80. The largest absolute Gasteiger partial charge is 0.481 e. The zero-order valence-electron chi connectivity index (χ0n) is 11.1. The normalized spacial score (nSPS) is 36.8. The van der Waals surface area contributed by atoms with Gasteiger partial charge in [-0.15, -0.1) is 0 Å². The quantitative estimate of drug-likeness (QED) is 0.775. The smallest absolute Gasteiger partial charge is 0.307 e. The van der Waals surface area contributed by atoms with Crippen molar-refractivity contribution in [2.75, 3.05) is 0 Å². The van der Waals surface area contributed by atoms with Crippen molar-refractivity contribution >= 4 is 5.97 Å². The Morgan fingerprint density at radius 1 is 1.24 bits per heavy atom. The second-order valence-corrected chi connectivity index (χ2v) is 6.21. The lowest BCUT2D eigenvalue weighted by atomic mass is 9.83. The summed E-state index contributed by atoms with van der Waals surface area (Å²) in [6, 6.07) is 0.517. The zero-order valence-corrected chi connectivity index (χ0v) is 11.1. The van der Waals surface area contributed by atoms with Gasteiger partial charge in [0.25, 0.3) is 0 Å². The van der Waals surface area contributed by atoms with Crippen molar-refractivity contribution in [1.29, 1.82) is 0 Å². The molecule has 0 aliphatic heterocycles. The summed E-state index contributed by atoms with van der Waals surface area (Å²) in [4.78, 5) is 10.9. The van der Waals surface area contributed by atoms with Crippen LogP contribution in [0.5, 0.6) is 0 Å². The second kappa shape index (κ2) is 4.97. The molecule has 3 heteroatoms. The Hall–Kier alpha value is -0.570. The lowest BCUT2D eigenvalue weighted by Crippen LogP contribution is -2.45. The summed E-state index contributed by atoms with van der Waals surface area (Å²) < 4.78 is 0. The van der Waals surface area contributed by atoms with E-state index in [-0.39, 0.29) is 12.0 Å². The zero-order chi connectivity index (χ0) is 12.6. The SMILES string of the molecule is CC(NC(C)C1CC2CCC1C2)C(C)C(=O)O. The number of nitrogens with one attached hydrogen (secondary N) is 1. The van der Waals surface area contributed by atoms with Gasteiger partial charge >= 0.3 is 5.97 Å². The van der Waals surface area contributed by atoms with Crippen LogP contribution in [0, 0.1) is 23.7 Å². The Morgan fingerprint density at radius 3 is 2.41 bits per heavy atom. The predicted octanol–water partition coefficient (Wildman–Crippen LogP) is 2.51. The van der Waals surface area contributed by atoms with E-state index in [2.05, 4.69) is 12.2 Å². The number of hydrogen-bond donors (Lipinski definition) is 2. The van der Waals surface area contributed by atoms with Gasteiger partial charge in [0, 0.05) is 12.1 Å². The van der Waals surface area contributed by atoms with Crippen LogP contribution >= 0.6 is 0 Å². The first-order valence-corrected chi connectivity index (χ1v) is 6.98. The monoisotopic (exact) mass is 239 g/mol. The van der Waals surface area contributed by atoms with Gasteiger partial charge in [-0.2, -0.15) is 0 Å². The van der Waals surface area contributed by atoms with Gasteiger partial charge in [0.15, 0.2) is 0 Å². The predicted molar refractivity (Wildman–Crippen MR) is 67.8 cm³/mol. The van der Waals surface area contributed by atoms with Crippen LogP contribution in [0.1, 0.15) is 46.5 Å². The molecule has 0 aromatic heterocycles. The van der Waals surface area contributed by atoms with Crippen LogP contribution in [0.4, 0.5) is 0 Å². The highest BCUT2D eigenvalue weighted by atomic mass is 16.4. The van der Waals surface area contributed by atoms with E-state index in [1.54, 1.807) is 6.92 Å². The molecule has 2 fully saturated rings. The summed E-state index contributed by atoms with van der Waals surface area (Å²) in [6.07, 6.45) is 5.59. The molecule has 2 bridgehead atoms. The molecule has 0 aromatic carbocycles. The van der Waals surface area contributed by atoms with E-state index in [0.717, 1.165) is 17.8 Å². The fourth-order valence-corrected chi connectivity index (χ4v) is 3.80. The van der Waals surface area contributed by atoms with Crippen molar-refractivity contribution < 1.29 is 9.90 Å². The van der Waals surface area contributed by atoms with Crippen LogP contribution in [0.25, 0.3) is 0 Å². The maximum absolute atomic E-state index is 10.9. The van der Waals surface area contributed by atoms with E-state index in [9.17, 15) is 4.79 Å². The second-order valence-electron chi connectivity index (χ2n) is 6.21. The van der Waals surface area contributed by atoms with Crippen molar-refractivity contribution in [2.45, 2.75) is 58.5 Å². The summed E-state index contributed by atoms with van der Waals surface area (Å²) in [6.45, 7) is 6.01. The van der Waals surface area contributed by atoms with Crippen LogP contribution in [0.3, 0.4) is 0 Å². The number of carbonyl (C=O) groups is 1. The van der Waals surface area contributed by atoms with E-state index in [4.69, 9.17) is 5.11 Å². The molecule has 2 saturated carbocycles. The third kappa shape index (κ3) is 2.65. The molecule has 2 aliphatic carbocycles. The highest BCUT2D eigenvalue weighted by Gasteiger charge is 2.42. The molecule has 2 aliphatic rings. The molecule has 6 unspecified atom stereocenters. The highest BCUT2D eigenvalue weighted by Crippen LogP contribution is 2.49. The van der Waals surface area contributed by atoms with Gasteiger partial charge in [0.2, 0.25) is 0 Å². The Bertz CT molecular complexity index is 292. The standard InChI is InChI=1S/C14H25NO2/c1-8(14(16)17)9(2)15-10(3)13-7-11-4-5-12(13)6-11/h8-13,15H,4-7H2,1-3H3,(H,16,17). The molecule has 0 amide bonds. The summed E-state index contributed by atoms with van der Waals surface area (Å²) in [5, 5.41) is 12.5. The number of aliphatic carboxylic acids is 1. The molecule has 17 heavy (non-hydrogen) atoms. The van der Waals surface area contributed by atoms with Gasteiger partial charge in [-0.1, -0.05) is 13.3 Å². The van der Waals surface area contributed by atoms with Crippen molar-refractivity contribution in [3.63, 3.8) is 0 Å². The molecule has 0 aromatic rings. The average molecular weight is 239 g/mol. The van der Waals surface area contributed by atoms with Crippen molar-refractivity contribution in [2.24, 2.45) is 23.7 Å². The summed E-state index contributed by atoms with van der Waals surface area (Å²) in [5.41, 5.74) is 0. The number of rotatable bonds is 5. The Labute approximate surface area is 104 Å². The average Bonchev–Trinajstić information content (AvgIpc) is 2.89. The van der Waals surface area contributed by atoms with Crippen molar-refractivity contribution in [3.8, 4) is 0 Å². The first-order valence-electron chi connectivity index (χ1n) is 6.98. The molecule has 6 atom stereocenters. The molecule has 3 nitrogen and oxygen atoms in total. The van der Waals surface area contributed by atoms with Crippen LogP contribution in [0.15, 0.2) is 0 Å². The lowest BCUT2D eigenvalue weighted by molar-refractivity contribution is -0.142. The van der Waals surface area contributed by atoms with Crippen molar-refractivity contribution in [1.82, 2.24) is 5.32 Å². The van der Waals surface area contributed by atoms with Gasteiger partial charge in [-0.05, 0) is 50.9 Å². The third-order valence-corrected chi connectivity index (χ3v) is 5.10. The maximum Gasteiger partial charge on any atom is 0.307 e. The molecular weight excluding hydrogens is 214 g/mol.